The molecule has 1 heterocycles. The van der Waals surface area contributed by atoms with Crippen LogP contribution < -0.4 is 0 Å². The normalized spacial score (nSPS) is 26.5. The monoisotopic (exact) mass is 240 g/mol. The largest absolute Gasteiger partial charge is 0.299 e. The molecule has 1 unspecified atom stereocenters. The molecule has 0 N–H and O–H groups in total. The molecule has 1 saturated carbocycles. The van der Waals surface area contributed by atoms with Gasteiger partial charge in [0.05, 0.1) is 11.5 Å². The lowest BCUT2D eigenvalue weighted by molar-refractivity contribution is 0.137. The summed E-state index contributed by atoms with van der Waals surface area (Å²) in [6, 6.07) is 13.2. The van der Waals surface area contributed by atoms with E-state index in [1.807, 2.05) is 0 Å². The second-order valence-electron chi connectivity index (χ2n) is 5.83. The van der Waals surface area contributed by atoms with E-state index in [0.29, 0.717) is 5.92 Å². The van der Waals surface area contributed by atoms with Gasteiger partial charge in [-0.15, -0.1) is 0 Å². The maximum Gasteiger partial charge on any atom is 0.0693 e. The number of hydrogen-bond acceptors (Lipinski definition) is 2. The molecule has 2 fully saturated rings. The highest BCUT2D eigenvalue weighted by atomic mass is 15.1. The summed E-state index contributed by atoms with van der Waals surface area (Å²) in [5.74, 6) is 0.611. The molecule has 1 aliphatic heterocycles. The summed E-state index contributed by atoms with van der Waals surface area (Å²) in [5.41, 5.74) is 1.44. The maximum atomic E-state index is 9.32. The Hall–Kier alpha value is -1.33. The molecule has 0 spiro atoms. The van der Waals surface area contributed by atoms with E-state index in [-0.39, 0.29) is 5.41 Å². The Bertz CT molecular complexity index is 442. The molecule has 0 aromatic heterocycles. The molecule has 1 aliphatic carbocycles. The molecule has 1 atom stereocenters. The summed E-state index contributed by atoms with van der Waals surface area (Å²) in [4.78, 5) is 2.53. The first-order chi connectivity index (χ1) is 8.82. The number of likely N-dealkylation sites (tertiary alicyclic amines) is 1. The van der Waals surface area contributed by atoms with Gasteiger partial charge in [-0.2, -0.15) is 5.26 Å². The van der Waals surface area contributed by atoms with Crippen molar-refractivity contribution in [3.8, 4) is 6.07 Å². The average Bonchev–Trinajstić information content (AvgIpc) is 3.21. The van der Waals surface area contributed by atoms with E-state index in [1.165, 1.54) is 24.9 Å². The van der Waals surface area contributed by atoms with Gasteiger partial charge in [0.1, 0.15) is 0 Å². The minimum absolute atomic E-state index is 0.0510. The fourth-order valence-electron chi connectivity index (χ4n) is 3.24. The molecule has 1 saturated heterocycles. The van der Waals surface area contributed by atoms with Crippen LogP contribution >= 0.6 is 0 Å². The third kappa shape index (κ3) is 2.28. The highest BCUT2D eigenvalue weighted by Crippen LogP contribution is 2.53. The standard InChI is InChI=1S/C16H20N2/c17-13-16(8-9-16)15-7-4-10-18(12-15)11-14-5-2-1-3-6-14/h1-3,5-6,15H,4,7-12H2. The van der Waals surface area contributed by atoms with Gasteiger partial charge in [0, 0.05) is 13.1 Å². The lowest BCUT2D eigenvalue weighted by Crippen LogP contribution is -2.38. The van der Waals surface area contributed by atoms with Crippen LogP contribution in [0.15, 0.2) is 30.3 Å². The van der Waals surface area contributed by atoms with Crippen molar-refractivity contribution in [2.24, 2.45) is 11.3 Å². The molecule has 1 aromatic carbocycles. The van der Waals surface area contributed by atoms with Gasteiger partial charge in [0.15, 0.2) is 0 Å². The topological polar surface area (TPSA) is 27.0 Å². The number of rotatable bonds is 3. The van der Waals surface area contributed by atoms with Crippen molar-refractivity contribution in [1.82, 2.24) is 4.90 Å². The SMILES string of the molecule is N#CC1(C2CCCN(Cc3ccccc3)C2)CC1. The van der Waals surface area contributed by atoms with Gasteiger partial charge in [-0.05, 0) is 43.7 Å². The van der Waals surface area contributed by atoms with Gasteiger partial charge in [0.25, 0.3) is 0 Å². The lowest BCUT2D eigenvalue weighted by atomic mass is 9.83. The Labute approximate surface area is 109 Å². The number of piperidine rings is 1. The quantitative estimate of drug-likeness (QED) is 0.811. The maximum absolute atomic E-state index is 9.32. The molecule has 2 nitrogen and oxygen atoms in total. The van der Waals surface area contributed by atoms with Crippen LogP contribution in [0.1, 0.15) is 31.2 Å². The second-order valence-corrected chi connectivity index (χ2v) is 5.83. The molecule has 0 bridgehead atoms. The van der Waals surface area contributed by atoms with Crippen molar-refractivity contribution in [3.63, 3.8) is 0 Å². The van der Waals surface area contributed by atoms with E-state index in [9.17, 15) is 5.26 Å². The smallest absolute Gasteiger partial charge is 0.0693 e. The van der Waals surface area contributed by atoms with Gasteiger partial charge in [-0.25, -0.2) is 0 Å². The first kappa shape index (κ1) is 11.7. The van der Waals surface area contributed by atoms with E-state index in [1.54, 1.807) is 0 Å². The Kier molecular flexibility index (Phi) is 3.09. The van der Waals surface area contributed by atoms with E-state index >= 15 is 0 Å². The fraction of sp³-hybridized carbons (Fsp3) is 0.562. The average molecular weight is 240 g/mol. The fourth-order valence-corrected chi connectivity index (χ4v) is 3.24. The number of hydrogen-bond donors (Lipinski definition) is 0. The molecular weight excluding hydrogens is 220 g/mol. The van der Waals surface area contributed by atoms with Crippen LogP contribution in [0, 0.1) is 22.7 Å². The van der Waals surface area contributed by atoms with Crippen molar-refractivity contribution >= 4 is 0 Å². The highest BCUT2D eigenvalue weighted by molar-refractivity contribution is 5.16. The van der Waals surface area contributed by atoms with Crippen LogP contribution in [0.25, 0.3) is 0 Å². The Balaban J connectivity index is 1.63. The minimum Gasteiger partial charge on any atom is -0.299 e. The third-order valence-corrected chi connectivity index (χ3v) is 4.55. The van der Waals surface area contributed by atoms with Crippen LogP contribution in [0.4, 0.5) is 0 Å². The van der Waals surface area contributed by atoms with E-state index in [2.05, 4.69) is 41.3 Å². The molecule has 94 valence electrons. The van der Waals surface area contributed by atoms with Crippen LogP contribution in [-0.4, -0.2) is 18.0 Å². The zero-order valence-electron chi connectivity index (χ0n) is 10.8. The third-order valence-electron chi connectivity index (χ3n) is 4.55. The van der Waals surface area contributed by atoms with Gasteiger partial charge in [-0.3, -0.25) is 4.90 Å². The van der Waals surface area contributed by atoms with Crippen LogP contribution in [0.5, 0.6) is 0 Å². The van der Waals surface area contributed by atoms with Crippen LogP contribution in [-0.2, 0) is 6.54 Å². The summed E-state index contributed by atoms with van der Waals surface area (Å²) >= 11 is 0. The van der Waals surface area contributed by atoms with Gasteiger partial charge >= 0.3 is 0 Å². The van der Waals surface area contributed by atoms with Crippen molar-refractivity contribution in [3.05, 3.63) is 35.9 Å². The minimum atomic E-state index is 0.0510. The Morgan fingerprint density at radius 1 is 1.28 bits per heavy atom. The van der Waals surface area contributed by atoms with Crippen LogP contribution in [0.2, 0.25) is 0 Å². The summed E-state index contributed by atoms with van der Waals surface area (Å²) in [6.07, 6.45) is 4.76. The predicted molar refractivity (Wildman–Crippen MR) is 71.7 cm³/mol. The van der Waals surface area contributed by atoms with Crippen molar-refractivity contribution in [1.29, 1.82) is 5.26 Å². The Morgan fingerprint density at radius 2 is 2.06 bits per heavy atom. The van der Waals surface area contributed by atoms with Gasteiger partial charge < -0.3 is 0 Å². The number of nitriles is 1. The molecule has 0 radical (unpaired) electrons. The zero-order chi connectivity index (χ0) is 12.4. The van der Waals surface area contributed by atoms with E-state index < -0.39 is 0 Å². The van der Waals surface area contributed by atoms with Crippen molar-refractivity contribution in [2.45, 2.75) is 32.2 Å². The molecular formula is C16H20N2. The van der Waals surface area contributed by atoms with Crippen molar-refractivity contribution in [2.75, 3.05) is 13.1 Å². The summed E-state index contributed by atoms with van der Waals surface area (Å²) in [6.45, 7) is 3.34. The zero-order valence-corrected chi connectivity index (χ0v) is 10.8. The molecule has 0 amide bonds. The molecule has 3 rings (SSSR count). The van der Waals surface area contributed by atoms with Gasteiger partial charge in [0.2, 0.25) is 0 Å². The van der Waals surface area contributed by atoms with Crippen molar-refractivity contribution < 1.29 is 0 Å². The van der Waals surface area contributed by atoms with Gasteiger partial charge in [-0.1, -0.05) is 30.3 Å². The highest BCUT2D eigenvalue weighted by Gasteiger charge is 2.50. The first-order valence-electron chi connectivity index (χ1n) is 7.00. The lowest BCUT2D eigenvalue weighted by Gasteiger charge is -2.35. The molecule has 2 heteroatoms. The molecule has 1 aromatic rings. The number of nitrogens with zero attached hydrogens (tertiary/aromatic N) is 2. The first-order valence-corrected chi connectivity index (χ1v) is 7.00. The molecule has 18 heavy (non-hydrogen) atoms. The van der Waals surface area contributed by atoms with E-state index in [0.717, 1.165) is 25.9 Å². The summed E-state index contributed by atoms with van der Waals surface area (Å²) in [5, 5.41) is 9.32. The predicted octanol–water partition coefficient (Wildman–Crippen LogP) is 3.20. The number of benzene rings is 1. The Morgan fingerprint density at radius 3 is 2.72 bits per heavy atom. The second kappa shape index (κ2) is 4.74. The molecule has 2 aliphatic rings. The summed E-state index contributed by atoms with van der Waals surface area (Å²) in [7, 11) is 0. The van der Waals surface area contributed by atoms with Crippen LogP contribution in [0.3, 0.4) is 0 Å². The van der Waals surface area contributed by atoms with E-state index in [4.69, 9.17) is 0 Å². The summed E-state index contributed by atoms with van der Waals surface area (Å²) < 4.78 is 0.